The van der Waals surface area contributed by atoms with Crippen molar-refractivity contribution in [2.75, 3.05) is 13.1 Å². The Hall–Kier alpha value is -2.24. The molecule has 1 unspecified atom stereocenters. The molecular formula is C18H20N4O. The highest BCUT2D eigenvalue weighted by Gasteiger charge is 2.30. The number of nitrogens with one attached hydrogen (secondary N) is 1. The fourth-order valence-corrected chi connectivity index (χ4v) is 3.26. The van der Waals surface area contributed by atoms with Crippen molar-refractivity contribution in [3.63, 3.8) is 0 Å². The van der Waals surface area contributed by atoms with Gasteiger partial charge in [-0.1, -0.05) is 24.3 Å². The van der Waals surface area contributed by atoms with Gasteiger partial charge in [0.15, 0.2) is 5.82 Å². The highest BCUT2D eigenvalue weighted by molar-refractivity contribution is 5.80. The Labute approximate surface area is 135 Å². The third-order valence-electron chi connectivity index (χ3n) is 4.46. The smallest absolute Gasteiger partial charge is 0.158 e. The number of hydrogen-bond acceptors (Lipinski definition) is 4. The van der Waals surface area contributed by atoms with Gasteiger partial charge in [0, 0.05) is 24.3 Å². The van der Waals surface area contributed by atoms with E-state index >= 15 is 0 Å². The molecular weight excluding hydrogens is 288 g/mol. The molecule has 2 aromatic heterocycles. The number of pyridine rings is 1. The summed E-state index contributed by atoms with van der Waals surface area (Å²) >= 11 is 0. The van der Waals surface area contributed by atoms with Crippen LogP contribution < -0.4 is 5.32 Å². The summed E-state index contributed by atoms with van der Waals surface area (Å²) in [4.78, 5) is 9.17. The molecule has 1 aromatic carbocycles. The lowest BCUT2D eigenvalue weighted by atomic mass is 9.94. The number of β-amino-alcohol motifs (C(OH)–C–C–N with tert-alkyl or cyclic N) is 1. The third kappa shape index (κ3) is 2.85. The first-order valence-electron chi connectivity index (χ1n) is 8.04. The molecule has 1 aliphatic rings. The van der Waals surface area contributed by atoms with Crippen molar-refractivity contribution in [2.24, 2.45) is 0 Å². The van der Waals surface area contributed by atoms with Crippen LogP contribution in [0.1, 0.15) is 12.8 Å². The van der Waals surface area contributed by atoms with E-state index in [9.17, 15) is 5.11 Å². The van der Waals surface area contributed by atoms with Crippen molar-refractivity contribution in [2.45, 2.75) is 25.0 Å². The molecule has 1 aliphatic heterocycles. The van der Waals surface area contributed by atoms with E-state index in [-0.39, 0.29) is 0 Å². The van der Waals surface area contributed by atoms with Crippen LogP contribution in [-0.4, -0.2) is 38.3 Å². The molecule has 0 saturated carbocycles. The van der Waals surface area contributed by atoms with E-state index in [1.54, 1.807) is 6.20 Å². The Morgan fingerprint density at radius 2 is 2.13 bits per heavy atom. The molecule has 5 nitrogen and oxygen atoms in total. The maximum atomic E-state index is 10.8. The summed E-state index contributed by atoms with van der Waals surface area (Å²) in [5.41, 5.74) is 1.07. The number of imidazole rings is 1. The van der Waals surface area contributed by atoms with Gasteiger partial charge in [0.25, 0.3) is 0 Å². The van der Waals surface area contributed by atoms with Gasteiger partial charge in [0.05, 0.1) is 17.7 Å². The van der Waals surface area contributed by atoms with Crippen LogP contribution in [0.2, 0.25) is 0 Å². The Bertz CT molecular complexity index is 821. The van der Waals surface area contributed by atoms with Gasteiger partial charge in [-0.3, -0.25) is 0 Å². The molecule has 118 valence electrons. The van der Waals surface area contributed by atoms with E-state index in [1.165, 1.54) is 0 Å². The van der Waals surface area contributed by atoms with Crippen LogP contribution >= 0.6 is 0 Å². The first kappa shape index (κ1) is 14.4. The van der Waals surface area contributed by atoms with Crippen LogP contribution in [0, 0.1) is 0 Å². The van der Waals surface area contributed by atoms with Gasteiger partial charge in [0.1, 0.15) is 5.69 Å². The average Bonchev–Trinajstić information content (AvgIpc) is 3.02. The molecule has 4 rings (SSSR count). The number of benzene rings is 1. The number of piperidine rings is 1. The number of aromatic nitrogens is 3. The average molecular weight is 308 g/mol. The second kappa shape index (κ2) is 5.76. The summed E-state index contributed by atoms with van der Waals surface area (Å²) in [6.45, 7) is 2.13. The highest BCUT2D eigenvalue weighted by atomic mass is 16.3. The molecule has 2 N–H and O–H groups in total. The Morgan fingerprint density at radius 3 is 3.00 bits per heavy atom. The fourth-order valence-electron chi connectivity index (χ4n) is 3.26. The highest BCUT2D eigenvalue weighted by Crippen LogP contribution is 2.24. The monoisotopic (exact) mass is 308 g/mol. The fraction of sp³-hybridized carbons (Fsp3) is 0.333. The second-order valence-electron chi connectivity index (χ2n) is 6.27. The number of rotatable bonds is 3. The van der Waals surface area contributed by atoms with E-state index < -0.39 is 5.60 Å². The van der Waals surface area contributed by atoms with Crippen LogP contribution in [0.3, 0.4) is 0 Å². The van der Waals surface area contributed by atoms with E-state index in [2.05, 4.69) is 22.4 Å². The van der Waals surface area contributed by atoms with Crippen molar-refractivity contribution >= 4 is 10.9 Å². The van der Waals surface area contributed by atoms with Gasteiger partial charge in [0.2, 0.25) is 0 Å². The summed E-state index contributed by atoms with van der Waals surface area (Å²) in [6.07, 6.45) is 5.49. The molecule has 1 fully saturated rings. The number of hydrogen-bond donors (Lipinski definition) is 2. The molecule has 5 heteroatoms. The minimum absolute atomic E-state index is 0.532. The van der Waals surface area contributed by atoms with Gasteiger partial charge >= 0.3 is 0 Å². The largest absolute Gasteiger partial charge is 0.387 e. The van der Waals surface area contributed by atoms with Crippen LogP contribution in [-0.2, 0) is 6.54 Å². The molecule has 0 amide bonds. The number of fused-ring (bicyclic) bond motifs is 1. The van der Waals surface area contributed by atoms with E-state index in [0.29, 0.717) is 13.1 Å². The van der Waals surface area contributed by atoms with E-state index in [0.717, 1.165) is 41.8 Å². The van der Waals surface area contributed by atoms with Gasteiger partial charge in [-0.05, 0) is 31.5 Å². The van der Waals surface area contributed by atoms with Crippen LogP contribution in [0.15, 0.2) is 48.8 Å². The quantitative estimate of drug-likeness (QED) is 0.779. The summed E-state index contributed by atoms with van der Waals surface area (Å²) in [7, 11) is 0. The summed E-state index contributed by atoms with van der Waals surface area (Å²) in [6, 6.07) is 12.1. The lowest BCUT2D eigenvalue weighted by molar-refractivity contribution is 0.00105. The zero-order valence-corrected chi connectivity index (χ0v) is 12.9. The van der Waals surface area contributed by atoms with Gasteiger partial charge in [-0.25, -0.2) is 9.97 Å². The van der Waals surface area contributed by atoms with Crippen LogP contribution in [0.25, 0.3) is 22.4 Å². The van der Waals surface area contributed by atoms with Crippen molar-refractivity contribution < 1.29 is 5.11 Å². The van der Waals surface area contributed by atoms with Crippen LogP contribution in [0.4, 0.5) is 0 Å². The predicted molar refractivity (Wildman–Crippen MR) is 90.0 cm³/mol. The molecule has 0 spiro atoms. The van der Waals surface area contributed by atoms with Gasteiger partial charge in [-0.2, -0.15) is 0 Å². The van der Waals surface area contributed by atoms with Crippen LogP contribution in [0.5, 0.6) is 0 Å². The molecule has 1 saturated heterocycles. The first-order valence-corrected chi connectivity index (χ1v) is 8.04. The Morgan fingerprint density at radius 1 is 1.22 bits per heavy atom. The standard InChI is InChI=1S/C18H20N4O/c23-18(8-3-9-19-12-18)13-22-11-10-20-17(22)16-7-6-14-4-1-2-5-15(14)21-16/h1-2,4-7,10-11,19,23H,3,8-9,12-13H2. The third-order valence-corrected chi connectivity index (χ3v) is 4.46. The summed E-state index contributed by atoms with van der Waals surface area (Å²) in [5.74, 6) is 0.801. The molecule has 0 aliphatic carbocycles. The molecule has 0 radical (unpaired) electrons. The zero-order valence-electron chi connectivity index (χ0n) is 12.9. The minimum Gasteiger partial charge on any atom is -0.387 e. The molecule has 3 aromatic rings. The lowest BCUT2D eigenvalue weighted by Crippen LogP contribution is -2.48. The van der Waals surface area contributed by atoms with E-state index in [4.69, 9.17) is 4.98 Å². The SMILES string of the molecule is OC1(Cn2ccnc2-c2ccc3ccccc3n2)CCCNC1. The maximum absolute atomic E-state index is 10.8. The normalized spacial score (nSPS) is 21.6. The molecule has 1 atom stereocenters. The summed E-state index contributed by atoms with van der Waals surface area (Å²) in [5, 5.41) is 15.1. The first-order chi connectivity index (χ1) is 11.2. The van der Waals surface area contributed by atoms with Crippen molar-refractivity contribution in [3.8, 4) is 11.5 Å². The number of aliphatic hydroxyl groups is 1. The predicted octanol–water partition coefficient (Wildman–Crippen LogP) is 2.21. The van der Waals surface area contributed by atoms with Gasteiger partial charge < -0.3 is 15.0 Å². The van der Waals surface area contributed by atoms with E-state index in [1.807, 2.05) is 35.0 Å². The van der Waals surface area contributed by atoms with Crippen molar-refractivity contribution in [1.82, 2.24) is 19.9 Å². The maximum Gasteiger partial charge on any atom is 0.158 e. The zero-order chi connectivity index (χ0) is 15.7. The summed E-state index contributed by atoms with van der Waals surface area (Å²) < 4.78 is 2.00. The Kier molecular flexibility index (Phi) is 3.59. The van der Waals surface area contributed by atoms with Crippen molar-refractivity contribution in [3.05, 3.63) is 48.8 Å². The van der Waals surface area contributed by atoms with Gasteiger partial charge in [-0.15, -0.1) is 0 Å². The number of nitrogens with zero attached hydrogens (tertiary/aromatic N) is 3. The topological polar surface area (TPSA) is 63.0 Å². The molecule has 23 heavy (non-hydrogen) atoms. The molecule has 3 heterocycles. The lowest BCUT2D eigenvalue weighted by Gasteiger charge is -2.33. The molecule has 0 bridgehead atoms. The minimum atomic E-state index is -0.718. The number of para-hydroxylation sites is 1. The Balaban J connectivity index is 1.68. The second-order valence-corrected chi connectivity index (χ2v) is 6.27. The van der Waals surface area contributed by atoms with Crippen molar-refractivity contribution in [1.29, 1.82) is 0 Å².